The van der Waals surface area contributed by atoms with E-state index in [1.54, 1.807) is 12.1 Å². The molecule has 130 valence electrons. The molecule has 0 aliphatic rings. The van der Waals surface area contributed by atoms with E-state index in [0.29, 0.717) is 17.7 Å². The lowest BCUT2D eigenvalue weighted by Crippen LogP contribution is -2.29. The minimum absolute atomic E-state index is 0.181. The van der Waals surface area contributed by atoms with Crippen molar-refractivity contribution in [1.29, 1.82) is 0 Å². The van der Waals surface area contributed by atoms with E-state index in [0.717, 1.165) is 12.1 Å². The maximum atomic E-state index is 12.5. The van der Waals surface area contributed by atoms with Crippen molar-refractivity contribution in [2.24, 2.45) is 0 Å². The van der Waals surface area contributed by atoms with Gasteiger partial charge in [0.15, 0.2) is 0 Å². The van der Waals surface area contributed by atoms with Crippen molar-refractivity contribution >= 4 is 5.91 Å². The van der Waals surface area contributed by atoms with E-state index in [1.807, 2.05) is 0 Å². The lowest BCUT2D eigenvalue weighted by molar-refractivity contribution is -0.137. The molecular formula is C17H18F3NO3. The fourth-order valence-corrected chi connectivity index (χ4v) is 2.19. The van der Waals surface area contributed by atoms with Crippen molar-refractivity contribution in [3.63, 3.8) is 0 Å². The molecule has 1 amide bonds. The molecule has 7 heteroatoms. The number of rotatable bonds is 7. The number of alkyl halides is 3. The largest absolute Gasteiger partial charge is 0.467 e. The SMILES string of the molecule is COC(CNC(=O)CCc1ccc(C(F)(F)F)cc1)c1ccco1. The first-order valence-corrected chi connectivity index (χ1v) is 7.39. The Hall–Kier alpha value is -2.28. The third-order valence-electron chi connectivity index (χ3n) is 3.55. The molecule has 0 fully saturated rings. The van der Waals surface area contributed by atoms with Crippen molar-refractivity contribution in [3.05, 3.63) is 59.5 Å². The third kappa shape index (κ3) is 5.13. The Balaban J connectivity index is 1.78. The molecule has 0 spiro atoms. The number of ether oxygens (including phenoxy) is 1. The lowest BCUT2D eigenvalue weighted by Gasteiger charge is -2.13. The number of benzene rings is 1. The van der Waals surface area contributed by atoms with E-state index in [4.69, 9.17) is 9.15 Å². The van der Waals surface area contributed by atoms with E-state index < -0.39 is 11.7 Å². The third-order valence-corrected chi connectivity index (χ3v) is 3.55. The number of nitrogens with one attached hydrogen (secondary N) is 1. The van der Waals surface area contributed by atoms with Crippen molar-refractivity contribution in [1.82, 2.24) is 5.32 Å². The molecule has 1 unspecified atom stereocenters. The van der Waals surface area contributed by atoms with Gasteiger partial charge in [-0.3, -0.25) is 4.79 Å². The average Bonchev–Trinajstić information content (AvgIpc) is 3.07. The molecule has 0 aliphatic heterocycles. The number of carbonyl (C=O) groups is 1. The summed E-state index contributed by atoms with van der Waals surface area (Å²) in [5.41, 5.74) is -0.0236. The first-order valence-electron chi connectivity index (χ1n) is 7.39. The second-order valence-electron chi connectivity index (χ2n) is 5.24. The summed E-state index contributed by atoms with van der Waals surface area (Å²) >= 11 is 0. The highest BCUT2D eigenvalue weighted by Gasteiger charge is 2.29. The van der Waals surface area contributed by atoms with Gasteiger partial charge in [0, 0.05) is 13.5 Å². The Bertz CT molecular complexity index is 636. The van der Waals surface area contributed by atoms with Crippen molar-refractivity contribution in [2.45, 2.75) is 25.1 Å². The first kappa shape index (κ1) is 18.1. The number of hydrogen-bond donors (Lipinski definition) is 1. The highest BCUT2D eigenvalue weighted by atomic mass is 19.4. The Kier molecular flexibility index (Phi) is 6.03. The van der Waals surface area contributed by atoms with Crippen molar-refractivity contribution in [3.8, 4) is 0 Å². The fourth-order valence-electron chi connectivity index (χ4n) is 2.19. The highest BCUT2D eigenvalue weighted by Crippen LogP contribution is 2.29. The number of aryl methyl sites for hydroxylation is 1. The summed E-state index contributed by atoms with van der Waals surface area (Å²) in [5.74, 6) is 0.407. The lowest BCUT2D eigenvalue weighted by atomic mass is 10.1. The average molecular weight is 341 g/mol. The van der Waals surface area contributed by atoms with E-state index in [-0.39, 0.29) is 25.0 Å². The highest BCUT2D eigenvalue weighted by molar-refractivity contribution is 5.76. The number of halogens is 3. The molecule has 0 bridgehead atoms. The maximum Gasteiger partial charge on any atom is 0.416 e. The van der Waals surface area contributed by atoms with Crippen LogP contribution in [0.25, 0.3) is 0 Å². The first-order chi connectivity index (χ1) is 11.4. The second kappa shape index (κ2) is 8.01. The molecule has 1 heterocycles. The topological polar surface area (TPSA) is 51.5 Å². The number of hydrogen-bond acceptors (Lipinski definition) is 3. The Morgan fingerprint density at radius 3 is 2.50 bits per heavy atom. The van der Waals surface area contributed by atoms with E-state index >= 15 is 0 Å². The number of furan rings is 1. The molecule has 4 nitrogen and oxygen atoms in total. The van der Waals surface area contributed by atoms with Crippen LogP contribution in [0.3, 0.4) is 0 Å². The van der Waals surface area contributed by atoms with Gasteiger partial charge in [-0.15, -0.1) is 0 Å². The van der Waals surface area contributed by atoms with Gasteiger partial charge in [0.1, 0.15) is 11.9 Å². The van der Waals surface area contributed by atoms with E-state index in [2.05, 4.69) is 5.32 Å². The van der Waals surface area contributed by atoms with Gasteiger partial charge >= 0.3 is 6.18 Å². The van der Waals surface area contributed by atoms with Crippen LogP contribution in [0, 0.1) is 0 Å². The van der Waals surface area contributed by atoms with E-state index in [1.165, 1.54) is 25.5 Å². The van der Waals surface area contributed by atoms with Crippen LogP contribution in [0.5, 0.6) is 0 Å². The van der Waals surface area contributed by atoms with Gasteiger partial charge in [-0.25, -0.2) is 0 Å². The van der Waals surface area contributed by atoms with Crippen LogP contribution >= 0.6 is 0 Å². The molecule has 1 aromatic carbocycles. The zero-order valence-electron chi connectivity index (χ0n) is 13.1. The number of carbonyl (C=O) groups excluding carboxylic acids is 1. The monoisotopic (exact) mass is 341 g/mol. The molecule has 0 saturated carbocycles. The smallest absolute Gasteiger partial charge is 0.416 e. The van der Waals surface area contributed by atoms with Gasteiger partial charge in [-0.05, 0) is 36.2 Å². The summed E-state index contributed by atoms with van der Waals surface area (Å²) in [6.45, 7) is 0.260. The summed E-state index contributed by atoms with van der Waals surface area (Å²) in [6, 6.07) is 8.29. The molecule has 24 heavy (non-hydrogen) atoms. The van der Waals surface area contributed by atoms with Gasteiger partial charge in [-0.1, -0.05) is 12.1 Å². The molecule has 1 N–H and O–H groups in total. The summed E-state index contributed by atoms with van der Waals surface area (Å²) < 4.78 is 47.9. The summed E-state index contributed by atoms with van der Waals surface area (Å²) in [6.07, 6.45) is -2.66. The normalized spacial score (nSPS) is 12.8. The quantitative estimate of drug-likeness (QED) is 0.835. The van der Waals surface area contributed by atoms with Crippen molar-refractivity contribution < 1.29 is 27.1 Å². The molecule has 0 saturated heterocycles. The van der Waals surface area contributed by atoms with Gasteiger partial charge in [0.25, 0.3) is 0 Å². The zero-order valence-corrected chi connectivity index (χ0v) is 13.1. The molecule has 2 rings (SSSR count). The van der Waals surface area contributed by atoms with Crippen LogP contribution in [0.15, 0.2) is 47.1 Å². The molecule has 2 aromatic rings. The van der Waals surface area contributed by atoms with Crippen LogP contribution < -0.4 is 5.32 Å². The minimum Gasteiger partial charge on any atom is -0.467 e. The Labute approximate surface area is 137 Å². The van der Waals surface area contributed by atoms with E-state index in [9.17, 15) is 18.0 Å². The van der Waals surface area contributed by atoms with Crippen LogP contribution in [0.2, 0.25) is 0 Å². The number of methoxy groups -OCH3 is 1. The Morgan fingerprint density at radius 2 is 1.96 bits per heavy atom. The summed E-state index contributed by atoms with van der Waals surface area (Å²) in [7, 11) is 1.52. The zero-order chi connectivity index (χ0) is 17.6. The Morgan fingerprint density at radius 1 is 1.25 bits per heavy atom. The summed E-state index contributed by atoms with van der Waals surface area (Å²) in [4.78, 5) is 11.9. The molecule has 1 aromatic heterocycles. The maximum absolute atomic E-state index is 12.5. The van der Waals surface area contributed by atoms with Crippen molar-refractivity contribution in [2.75, 3.05) is 13.7 Å². The van der Waals surface area contributed by atoms with Crippen LogP contribution in [0.1, 0.15) is 29.4 Å². The summed E-state index contributed by atoms with van der Waals surface area (Å²) in [5, 5.41) is 2.72. The van der Waals surface area contributed by atoms with Gasteiger partial charge in [0.05, 0.1) is 18.4 Å². The standard InChI is InChI=1S/C17H18F3NO3/c1-23-15(14-3-2-10-24-14)11-21-16(22)9-6-12-4-7-13(8-5-12)17(18,19)20/h2-5,7-8,10,15H,6,9,11H2,1H3,(H,21,22). The van der Waals surface area contributed by atoms with Gasteiger partial charge < -0.3 is 14.5 Å². The van der Waals surface area contributed by atoms with Crippen LogP contribution in [0.4, 0.5) is 13.2 Å². The second-order valence-corrected chi connectivity index (χ2v) is 5.24. The molecular weight excluding hydrogens is 323 g/mol. The fraction of sp³-hybridized carbons (Fsp3) is 0.353. The number of amides is 1. The predicted molar refractivity (Wildman–Crippen MR) is 81.2 cm³/mol. The van der Waals surface area contributed by atoms with Gasteiger partial charge in [0.2, 0.25) is 5.91 Å². The predicted octanol–water partition coefficient (Wildman–Crippen LogP) is 3.73. The minimum atomic E-state index is -4.35. The molecule has 0 radical (unpaired) electrons. The molecule has 1 atom stereocenters. The van der Waals surface area contributed by atoms with Crippen LogP contribution in [-0.2, 0) is 22.1 Å². The molecule has 0 aliphatic carbocycles. The van der Waals surface area contributed by atoms with Crippen LogP contribution in [-0.4, -0.2) is 19.6 Å². The van der Waals surface area contributed by atoms with Gasteiger partial charge in [-0.2, -0.15) is 13.2 Å².